The molecule has 1 heterocycles. The van der Waals surface area contributed by atoms with Crippen molar-refractivity contribution in [1.82, 2.24) is 4.90 Å². The van der Waals surface area contributed by atoms with Crippen LogP contribution in [-0.4, -0.2) is 49.8 Å². The highest BCUT2D eigenvalue weighted by Crippen LogP contribution is 2.24. The molecule has 116 valence electrons. The third kappa shape index (κ3) is 4.68. The minimum Gasteiger partial charge on any atom is -0.382 e. The summed E-state index contributed by atoms with van der Waals surface area (Å²) in [5, 5.41) is 0.725. The van der Waals surface area contributed by atoms with Crippen LogP contribution in [0.4, 0.5) is 0 Å². The number of rotatable bonds is 6. The average molecular weight is 313 g/mol. The van der Waals surface area contributed by atoms with Gasteiger partial charge in [-0.1, -0.05) is 23.7 Å². The molecule has 21 heavy (non-hydrogen) atoms. The molecule has 1 aliphatic rings. The lowest BCUT2D eigenvalue weighted by molar-refractivity contribution is -0.154. The number of amides is 1. The number of morpholine rings is 1. The van der Waals surface area contributed by atoms with Crippen molar-refractivity contribution in [3.05, 3.63) is 34.9 Å². The predicted octanol–water partition coefficient (Wildman–Crippen LogP) is 1.43. The van der Waals surface area contributed by atoms with Crippen molar-refractivity contribution in [3.63, 3.8) is 0 Å². The van der Waals surface area contributed by atoms with Gasteiger partial charge in [-0.2, -0.15) is 0 Å². The van der Waals surface area contributed by atoms with E-state index in [-0.39, 0.29) is 12.3 Å². The number of methoxy groups -OCH3 is 1. The third-order valence-corrected chi connectivity index (χ3v) is 3.80. The van der Waals surface area contributed by atoms with Crippen LogP contribution in [0.2, 0.25) is 5.02 Å². The summed E-state index contributed by atoms with van der Waals surface area (Å²) >= 11 is 5.90. The largest absolute Gasteiger partial charge is 0.382 e. The molecule has 0 unspecified atom stereocenters. The number of nitrogens with two attached hydrogens (primary N) is 1. The van der Waals surface area contributed by atoms with E-state index < -0.39 is 5.60 Å². The standard InChI is InChI=1S/C15H21ClN2O3/c1-20-11-15(8-14(17)19)10-18(6-7-21-15)9-12-2-4-13(16)5-3-12/h2-5H,6-11H2,1H3,(H2,17,19)/t15-/m0/s1. The Kier molecular flexibility index (Phi) is 5.58. The van der Waals surface area contributed by atoms with Crippen LogP contribution in [0.1, 0.15) is 12.0 Å². The van der Waals surface area contributed by atoms with E-state index in [1.807, 2.05) is 24.3 Å². The van der Waals surface area contributed by atoms with Crippen molar-refractivity contribution < 1.29 is 14.3 Å². The molecule has 1 fully saturated rings. The molecule has 1 atom stereocenters. The first-order valence-electron chi connectivity index (χ1n) is 6.91. The van der Waals surface area contributed by atoms with Crippen molar-refractivity contribution in [2.24, 2.45) is 5.73 Å². The van der Waals surface area contributed by atoms with Gasteiger partial charge in [0.1, 0.15) is 5.60 Å². The number of hydrogen-bond acceptors (Lipinski definition) is 4. The van der Waals surface area contributed by atoms with Gasteiger partial charge in [-0.15, -0.1) is 0 Å². The Bertz CT molecular complexity index is 476. The number of nitrogens with zero attached hydrogens (tertiary/aromatic N) is 1. The van der Waals surface area contributed by atoms with Crippen molar-refractivity contribution in [2.75, 3.05) is 33.4 Å². The zero-order valence-corrected chi connectivity index (χ0v) is 12.9. The minimum atomic E-state index is -0.648. The molecule has 6 heteroatoms. The van der Waals surface area contributed by atoms with E-state index >= 15 is 0 Å². The lowest BCUT2D eigenvalue weighted by Gasteiger charge is -2.41. The first-order valence-corrected chi connectivity index (χ1v) is 7.29. The molecule has 1 amide bonds. The van der Waals surface area contributed by atoms with Crippen LogP contribution in [0.25, 0.3) is 0 Å². The predicted molar refractivity (Wildman–Crippen MR) is 81.1 cm³/mol. The number of benzene rings is 1. The summed E-state index contributed by atoms with van der Waals surface area (Å²) in [5.74, 6) is -0.375. The molecule has 2 N–H and O–H groups in total. The maximum atomic E-state index is 11.3. The topological polar surface area (TPSA) is 64.8 Å². The highest BCUT2D eigenvalue weighted by atomic mass is 35.5. The fourth-order valence-electron chi connectivity index (χ4n) is 2.73. The Morgan fingerprint density at radius 2 is 2.19 bits per heavy atom. The van der Waals surface area contributed by atoms with Crippen LogP contribution in [0.3, 0.4) is 0 Å². The van der Waals surface area contributed by atoms with Gasteiger partial charge < -0.3 is 15.2 Å². The van der Waals surface area contributed by atoms with Gasteiger partial charge in [-0.25, -0.2) is 0 Å². The van der Waals surface area contributed by atoms with E-state index in [9.17, 15) is 4.79 Å². The number of ether oxygens (including phenoxy) is 2. The molecular formula is C15H21ClN2O3. The Morgan fingerprint density at radius 1 is 1.48 bits per heavy atom. The number of halogens is 1. The second kappa shape index (κ2) is 7.22. The summed E-state index contributed by atoms with van der Waals surface area (Å²) < 4.78 is 11.0. The number of hydrogen-bond donors (Lipinski definition) is 1. The van der Waals surface area contributed by atoms with Gasteiger partial charge >= 0.3 is 0 Å². The van der Waals surface area contributed by atoms with Gasteiger partial charge in [0, 0.05) is 31.8 Å². The molecule has 1 saturated heterocycles. The van der Waals surface area contributed by atoms with E-state index in [1.54, 1.807) is 7.11 Å². The normalized spacial score (nSPS) is 23.1. The number of carbonyl (C=O) groups is 1. The molecule has 0 aliphatic carbocycles. The van der Waals surface area contributed by atoms with Crippen LogP contribution in [0.5, 0.6) is 0 Å². The highest BCUT2D eigenvalue weighted by Gasteiger charge is 2.38. The molecule has 0 radical (unpaired) electrons. The van der Waals surface area contributed by atoms with Crippen molar-refractivity contribution in [2.45, 2.75) is 18.6 Å². The summed E-state index contributed by atoms with van der Waals surface area (Å²) in [6.07, 6.45) is 0.165. The molecule has 1 aromatic carbocycles. The van der Waals surface area contributed by atoms with Crippen molar-refractivity contribution in [1.29, 1.82) is 0 Å². The number of carbonyl (C=O) groups excluding carboxylic acids is 1. The van der Waals surface area contributed by atoms with Crippen molar-refractivity contribution in [3.8, 4) is 0 Å². The Balaban J connectivity index is 2.04. The second-order valence-electron chi connectivity index (χ2n) is 5.44. The Hall–Kier alpha value is -1.14. The van der Waals surface area contributed by atoms with Crippen molar-refractivity contribution >= 4 is 17.5 Å². The SMILES string of the molecule is COC[C@]1(CC(N)=O)CN(Cc2ccc(Cl)cc2)CCO1. The Morgan fingerprint density at radius 3 is 2.81 bits per heavy atom. The second-order valence-corrected chi connectivity index (χ2v) is 5.88. The van der Waals surface area contributed by atoms with Gasteiger partial charge in [0.25, 0.3) is 0 Å². The monoisotopic (exact) mass is 312 g/mol. The fraction of sp³-hybridized carbons (Fsp3) is 0.533. The van der Waals surface area contributed by atoms with Gasteiger partial charge in [0.2, 0.25) is 5.91 Å². The van der Waals surface area contributed by atoms with E-state index in [2.05, 4.69) is 4.90 Å². The van der Waals surface area contributed by atoms with Crippen LogP contribution >= 0.6 is 11.6 Å². The summed E-state index contributed by atoms with van der Waals surface area (Å²) in [5.41, 5.74) is 5.87. The first kappa shape index (κ1) is 16.2. The molecule has 0 saturated carbocycles. The van der Waals surface area contributed by atoms with Crippen LogP contribution in [0, 0.1) is 0 Å². The quantitative estimate of drug-likeness (QED) is 0.863. The fourth-order valence-corrected chi connectivity index (χ4v) is 2.86. The van der Waals surface area contributed by atoms with Crippen LogP contribution < -0.4 is 5.73 Å². The smallest absolute Gasteiger partial charge is 0.220 e. The van der Waals surface area contributed by atoms with Gasteiger partial charge in [-0.05, 0) is 17.7 Å². The zero-order chi connectivity index (χ0) is 15.3. The summed E-state index contributed by atoms with van der Waals surface area (Å²) in [6.45, 7) is 3.13. The van der Waals surface area contributed by atoms with E-state index in [4.69, 9.17) is 26.8 Å². The average Bonchev–Trinajstić information content (AvgIpc) is 2.41. The number of primary amides is 1. The maximum Gasteiger partial charge on any atom is 0.220 e. The lowest BCUT2D eigenvalue weighted by atomic mass is 9.97. The maximum absolute atomic E-state index is 11.3. The summed E-state index contributed by atoms with van der Waals surface area (Å²) in [4.78, 5) is 13.5. The van der Waals surface area contributed by atoms with Gasteiger partial charge in [0.05, 0.1) is 19.6 Å². The first-order chi connectivity index (χ1) is 10.0. The molecule has 0 spiro atoms. The van der Waals surface area contributed by atoms with E-state index in [0.717, 1.165) is 18.1 Å². The molecule has 5 nitrogen and oxygen atoms in total. The van der Waals surface area contributed by atoms with Gasteiger partial charge in [0.15, 0.2) is 0 Å². The molecule has 1 aromatic rings. The zero-order valence-electron chi connectivity index (χ0n) is 12.2. The highest BCUT2D eigenvalue weighted by molar-refractivity contribution is 6.30. The lowest BCUT2D eigenvalue weighted by Crippen LogP contribution is -2.55. The summed E-state index contributed by atoms with van der Waals surface area (Å²) in [7, 11) is 1.60. The molecule has 0 aromatic heterocycles. The Labute approximate surface area is 130 Å². The minimum absolute atomic E-state index is 0.165. The van der Waals surface area contributed by atoms with Crippen LogP contribution in [-0.2, 0) is 20.8 Å². The molecule has 2 rings (SSSR count). The van der Waals surface area contributed by atoms with Crippen LogP contribution in [0.15, 0.2) is 24.3 Å². The molecular weight excluding hydrogens is 292 g/mol. The molecule has 0 bridgehead atoms. The summed E-state index contributed by atoms with van der Waals surface area (Å²) in [6, 6.07) is 7.76. The molecule has 1 aliphatic heterocycles. The van der Waals surface area contributed by atoms with Gasteiger partial charge in [-0.3, -0.25) is 9.69 Å². The van der Waals surface area contributed by atoms with E-state index in [0.29, 0.717) is 19.8 Å². The van der Waals surface area contributed by atoms with E-state index in [1.165, 1.54) is 5.56 Å². The third-order valence-electron chi connectivity index (χ3n) is 3.55.